The third-order valence-electron chi connectivity index (χ3n) is 2.43. The van der Waals surface area contributed by atoms with Gasteiger partial charge in [-0.05, 0) is 30.7 Å². The second kappa shape index (κ2) is 5.01. The molecular formula is C12H12ClN3O. The van der Waals surface area contributed by atoms with Crippen molar-refractivity contribution in [2.45, 2.75) is 13.5 Å². The van der Waals surface area contributed by atoms with Crippen molar-refractivity contribution in [3.05, 3.63) is 52.3 Å². The van der Waals surface area contributed by atoms with E-state index in [4.69, 9.17) is 11.6 Å². The molecule has 2 N–H and O–H groups in total. The molecular weight excluding hydrogens is 238 g/mol. The highest BCUT2D eigenvalue weighted by Crippen LogP contribution is 2.16. The van der Waals surface area contributed by atoms with E-state index in [1.54, 1.807) is 30.6 Å². The number of nitrogens with zero attached hydrogens (tertiary/aromatic N) is 1. The predicted octanol–water partition coefficient (Wildman–Crippen LogP) is 2.30. The minimum absolute atomic E-state index is 0.119. The van der Waals surface area contributed by atoms with Crippen LogP contribution in [0.2, 0.25) is 5.02 Å². The van der Waals surface area contributed by atoms with Crippen LogP contribution in [-0.4, -0.2) is 16.1 Å². The molecule has 0 saturated carbocycles. The van der Waals surface area contributed by atoms with Gasteiger partial charge in [0, 0.05) is 28.9 Å². The molecule has 1 amide bonds. The topological polar surface area (TPSA) is 57.8 Å². The lowest BCUT2D eigenvalue weighted by molar-refractivity contribution is 0.0951. The number of aryl methyl sites for hydroxylation is 1. The highest BCUT2D eigenvalue weighted by molar-refractivity contribution is 6.31. The van der Waals surface area contributed by atoms with Gasteiger partial charge >= 0.3 is 0 Å². The molecule has 5 heteroatoms. The van der Waals surface area contributed by atoms with Crippen molar-refractivity contribution in [3.63, 3.8) is 0 Å². The summed E-state index contributed by atoms with van der Waals surface area (Å²) in [4.78, 5) is 11.8. The number of carbonyl (C=O) groups excluding carboxylic acids is 1. The van der Waals surface area contributed by atoms with Crippen molar-refractivity contribution in [2.75, 3.05) is 0 Å². The molecule has 0 unspecified atom stereocenters. The van der Waals surface area contributed by atoms with Crippen LogP contribution in [-0.2, 0) is 6.54 Å². The molecule has 0 bridgehead atoms. The normalized spacial score (nSPS) is 10.2. The lowest BCUT2D eigenvalue weighted by Crippen LogP contribution is -2.22. The Morgan fingerprint density at radius 2 is 2.35 bits per heavy atom. The highest BCUT2D eigenvalue weighted by atomic mass is 35.5. The number of rotatable bonds is 3. The summed E-state index contributed by atoms with van der Waals surface area (Å²) in [6.07, 6.45) is 3.42. The Kier molecular flexibility index (Phi) is 3.44. The maximum Gasteiger partial charge on any atom is 0.251 e. The van der Waals surface area contributed by atoms with E-state index in [2.05, 4.69) is 15.5 Å². The summed E-state index contributed by atoms with van der Waals surface area (Å²) in [5.74, 6) is -0.119. The van der Waals surface area contributed by atoms with Gasteiger partial charge in [-0.15, -0.1) is 0 Å². The Hall–Kier alpha value is -1.81. The number of benzene rings is 1. The molecule has 0 aliphatic rings. The molecule has 17 heavy (non-hydrogen) atoms. The van der Waals surface area contributed by atoms with Crippen LogP contribution < -0.4 is 5.32 Å². The Morgan fingerprint density at radius 3 is 3.00 bits per heavy atom. The summed E-state index contributed by atoms with van der Waals surface area (Å²) in [5.41, 5.74) is 2.43. The van der Waals surface area contributed by atoms with Gasteiger partial charge in [0.15, 0.2) is 0 Å². The van der Waals surface area contributed by atoms with Gasteiger partial charge in [0.2, 0.25) is 0 Å². The molecule has 0 spiro atoms. The fraction of sp³-hybridized carbons (Fsp3) is 0.167. The number of nitrogens with one attached hydrogen (secondary N) is 2. The molecule has 2 aromatic rings. The molecule has 0 aliphatic heterocycles. The number of aromatic amines is 1. The Labute approximate surface area is 104 Å². The van der Waals surface area contributed by atoms with Crippen molar-refractivity contribution in [1.82, 2.24) is 15.5 Å². The third kappa shape index (κ3) is 2.85. The number of carbonyl (C=O) groups is 1. The number of halogens is 1. The average molecular weight is 250 g/mol. The van der Waals surface area contributed by atoms with Gasteiger partial charge in [0.05, 0.1) is 6.20 Å². The summed E-state index contributed by atoms with van der Waals surface area (Å²) in [6.45, 7) is 2.33. The molecule has 0 atom stereocenters. The molecule has 4 nitrogen and oxygen atoms in total. The van der Waals surface area contributed by atoms with E-state index < -0.39 is 0 Å². The Morgan fingerprint density at radius 1 is 1.53 bits per heavy atom. The average Bonchev–Trinajstić information content (AvgIpc) is 2.82. The second-order valence-electron chi connectivity index (χ2n) is 3.75. The first-order valence-corrected chi connectivity index (χ1v) is 5.56. The smallest absolute Gasteiger partial charge is 0.251 e. The molecule has 0 aliphatic carbocycles. The maximum absolute atomic E-state index is 11.8. The van der Waals surface area contributed by atoms with Crippen molar-refractivity contribution < 1.29 is 4.79 Å². The van der Waals surface area contributed by atoms with Crippen LogP contribution in [0.5, 0.6) is 0 Å². The van der Waals surface area contributed by atoms with E-state index in [1.165, 1.54) is 0 Å². The van der Waals surface area contributed by atoms with Crippen molar-refractivity contribution >= 4 is 17.5 Å². The first-order valence-electron chi connectivity index (χ1n) is 5.19. The van der Waals surface area contributed by atoms with Gasteiger partial charge in [-0.3, -0.25) is 9.89 Å². The summed E-state index contributed by atoms with van der Waals surface area (Å²) < 4.78 is 0. The Balaban J connectivity index is 2.02. The standard InChI is InChI=1S/C12H12ClN3O/c1-8-4-10(2-3-11(8)13)12(17)14-5-9-6-15-16-7-9/h2-4,6-7H,5H2,1H3,(H,14,17)(H,15,16). The first kappa shape index (κ1) is 11.7. The summed E-state index contributed by atoms with van der Waals surface area (Å²) in [5, 5.41) is 9.97. The lowest BCUT2D eigenvalue weighted by atomic mass is 10.1. The predicted molar refractivity (Wildman–Crippen MR) is 65.9 cm³/mol. The van der Waals surface area contributed by atoms with Crippen LogP contribution >= 0.6 is 11.6 Å². The van der Waals surface area contributed by atoms with Gasteiger partial charge in [-0.2, -0.15) is 5.10 Å². The van der Waals surface area contributed by atoms with Gasteiger partial charge in [0.25, 0.3) is 5.91 Å². The molecule has 0 fully saturated rings. The van der Waals surface area contributed by atoms with Crippen molar-refractivity contribution in [1.29, 1.82) is 0 Å². The van der Waals surface area contributed by atoms with Crippen LogP contribution in [0.4, 0.5) is 0 Å². The largest absolute Gasteiger partial charge is 0.348 e. The SMILES string of the molecule is Cc1cc(C(=O)NCc2cn[nH]c2)ccc1Cl. The second-order valence-corrected chi connectivity index (χ2v) is 4.16. The minimum Gasteiger partial charge on any atom is -0.348 e. The van der Waals surface area contributed by atoms with Gasteiger partial charge in [-0.1, -0.05) is 11.6 Å². The molecule has 0 radical (unpaired) electrons. The molecule has 1 aromatic carbocycles. The van der Waals surface area contributed by atoms with E-state index >= 15 is 0 Å². The summed E-state index contributed by atoms with van der Waals surface area (Å²) in [6, 6.07) is 5.21. The van der Waals surface area contributed by atoms with E-state index in [0.29, 0.717) is 17.1 Å². The van der Waals surface area contributed by atoms with Crippen LogP contribution in [0.3, 0.4) is 0 Å². The maximum atomic E-state index is 11.8. The fourth-order valence-electron chi connectivity index (χ4n) is 1.44. The molecule has 0 saturated heterocycles. The zero-order chi connectivity index (χ0) is 12.3. The molecule has 88 valence electrons. The molecule has 1 aromatic heterocycles. The minimum atomic E-state index is -0.119. The highest BCUT2D eigenvalue weighted by Gasteiger charge is 2.06. The van der Waals surface area contributed by atoms with E-state index in [1.807, 2.05) is 6.92 Å². The van der Waals surface area contributed by atoms with Crippen molar-refractivity contribution in [2.24, 2.45) is 0 Å². The number of hydrogen-bond donors (Lipinski definition) is 2. The van der Waals surface area contributed by atoms with E-state index in [9.17, 15) is 4.79 Å². The Bertz CT molecular complexity index is 523. The zero-order valence-electron chi connectivity index (χ0n) is 9.33. The number of hydrogen-bond acceptors (Lipinski definition) is 2. The van der Waals surface area contributed by atoms with Crippen LogP contribution in [0, 0.1) is 6.92 Å². The lowest BCUT2D eigenvalue weighted by Gasteiger charge is -2.05. The van der Waals surface area contributed by atoms with Crippen LogP contribution in [0.1, 0.15) is 21.5 Å². The first-order chi connectivity index (χ1) is 8.16. The van der Waals surface area contributed by atoms with Gasteiger partial charge in [0.1, 0.15) is 0 Å². The number of aromatic nitrogens is 2. The van der Waals surface area contributed by atoms with Crippen LogP contribution in [0.15, 0.2) is 30.6 Å². The van der Waals surface area contributed by atoms with E-state index in [-0.39, 0.29) is 5.91 Å². The van der Waals surface area contributed by atoms with Crippen molar-refractivity contribution in [3.8, 4) is 0 Å². The molecule has 1 heterocycles. The monoisotopic (exact) mass is 249 g/mol. The zero-order valence-corrected chi connectivity index (χ0v) is 10.1. The molecule has 2 rings (SSSR count). The number of amides is 1. The van der Waals surface area contributed by atoms with Gasteiger partial charge in [-0.25, -0.2) is 0 Å². The number of H-pyrrole nitrogens is 1. The summed E-state index contributed by atoms with van der Waals surface area (Å²) >= 11 is 5.90. The third-order valence-corrected chi connectivity index (χ3v) is 2.85. The fourth-order valence-corrected chi connectivity index (χ4v) is 1.56. The van der Waals surface area contributed by atoms with Gasteiger partial charge < -0.3 is 5.32 Å². The van der Waals surface area contributed by atoms with Crippen LogP contribution in [0.25, 0.3) is 0 Å². The van der Waals surface area contributed by atoms with E-state index in [0.717, 1.165) is 11.1 Å². The summed E-state index contributed by atoms with van der Waals surface area (Å²) in [7, 11) is 0. The quantitative estimate of drug-likeness (QED) is 0.877.